The van der Waals surface area contributed by atoms with Gasteiger partial charge in [0.15, 0.2) is 0 Å². The van der Waals surface area contributed by atoms with E-state index in [4.69, 9.17) is 16.1 Å². The van der Waals surface area contributed by atoms with Crippen LogP contribution in [0.5, 0.6) is 0 Å². The minimum absolute atomic E-state index is 0.244. The van der Waals surface area contributed by atoms with Gasteiger partial charge in [-0.25, -0.2) is 4.79 Å². The first kappa shape index (κ1) is 9.86. The third-order valence-corrected chi connectivity index (χ3v) is 1.76. The highest BCUT2D eigenvalue weighted by atomic mass is 16.4. The van der Waals surface area contributed by atoms with Gasteiger partial charge in [0.1, 0.15) is 0 Å². The molecule has 0 spiro atoms. The number of carboxylic acid groups (broad SMARTS) is 1. The van der Waals surface area contributed by atoms with Gasteiger partial charge in [0.05, 0.1) is 23.0 Å². The molecule has 0 fully saturated rings. The van der Waals surface area contributed by atoms with Gasteiger partial charge in [0.2, 0.25) is 0 Å². The third kappa shape index (κ3) is 1.93. The van der Waals surface area contributed by atoms with Crippen molar-refractivity contribution < 1.29 is 9.90 Å². The average molecular weight is 191 g/mol. The van der Waals surface area contributed by atoms with Gasteiger partial charge in [-0.1, -0.05) is 0 Å². The molecule has 0 radical (unpaired) electrons. The Morgan fingerprint density at radius 1 is 1.64 bits per heavy atom. The standard InChI is InChI=1S/C9H9N3O2/c1-5-2-6(4-10)3-7(8(5)11)12-9(13)14/h2-3,12H,11H2,1H3,(H,13,14). The second-order valence-electron chi connectivity index (χ2n) is 2.80. The SMILES string of the molecule is Cc1cc(C#N)cc(NC(=O)O)c1N. The highest BCUT2D eigenvalue weighted by Gasteiger charge is 2.07. The van der Waals surface area contributed by atoms with Crippen molar-refractivity contribution in [3.63, 3.8) is 0 Å². The fourth-order valence-corrected chi connectivity index (χ4v) is 1.08. The number of anilines is 2. The first-order valence-electron chi connectivity index (χ1n) is 3.84. The van der Waals surface area contributed by atoms with E-state index < -0.39 is 6.09 Å². The predicted octanol–water partition coefficient (Wildman–Crippen LogP) is 1.54. The molecule has 0 heterocycles. The lowest BCUT2D eigenvalue weighted by Gasteiger charge is -2.08. The number of benzene rings is 1. The fraction of sp³-hybridized carbons (Fsp3) is 0.111. The molecule has 5 nitrogen and oxygen atoms in total. The number of aryl methyl sites for hydroxylation is 1. The molecule has 0 unspecified atom stereocenters. The van der Waals surface area contributed by atoms with E-state index in [1.165, 1.54) is 6.07 Å². The monoisotopic (exact) mass is 191 g/mol. The van der Waals surface area contributed by atoms with E-state index in [0.29, 0.717) is 16.8 Å². The van der Waals surface area contributed by atoms with E-state index in [-0.39, 0.29) is 5.69 Å². The van der Waals surface area contributed by atoms with Crippen LogP contribution in [0.3, 0.4) is 0 Å². The summed E-state index contributed by atoms with van der Waals surface area (Å²) < 4.78 is 0. The lowest BCUT2D eigenvalue weighted by molar-refractivity contribution is 0.210. The second-order valence-corrected chi connectivity index (χ2v) is 2.80. The van der Waals surface area contributed by atoms with Gasteiger partial charge in [0, 0.05) is 0 Å². The molecule has 14 heavy (non-hydrogen) atoms. The summed E-state index contributed by atoms with van der Waals surface area (Å²) in [7, 11) is 0. The zero-order valence-electron chi connectivity index (χ0n) is 7.53. The highest BCUT2D eigenvalue weighted by molar-refractivity contribution is 5.88. The van der Waals surface area contributed by atoms with Crippen LogP contribution >= 0.6 is 0 Å². The molecular weight excluding hydrogens is 182 g/mol. The molecule has 1 rings (SSSR count). The van der Waals surface area contributed by atoms with E-state index in [9.17, 15) is 4.79 Å². The average Bonchev–Trinajstić information content (AvgIpc) is 2.11. The van der Waals surface area contributed by atoms with Crippen LogP contribution in [0.4, 0.5) is 16.2 Å². The van der Waals surface area contributed by atoms with Crippen molar-refractivity contribution in [3.05, 3.63) is 23.3 Å². The Kier molecular flexibility index (Phi) is 2.58. The zero-order chi connectivity index (χ0) is 10.7. The maximum atomic E-state index is 10.4. The van der Waals surface area contributed by atoms with Crippen LogP contribution in [0.1, 0.15) is 11.1 Å². The molecule has 4 N–H and O–H groups in total. The molecule has 0 aromatic heterocycles. The number of nitrogens with zero attached hydrogens (tertiary/aromatic N) is 1. The number of rotatable bonds is 1. The normalized spacial score (nSPS) is 9.14. The molecule has 1 aromatic rings. The molecular formula is C9H9N3O2. The summed E-state index contributed by atoms with van der Waals surface area (Å²) in [5.74, 6) is 0. The van der Waals surface area contributed by atoms with Gasteiger partial charge in [0.25, 0.3) is 0 Å². The quantitative estimate of drug-likeness (QED) is 0.586. The van der Waals surface area contributed by atoms with Crippen LogP contribution < -0.4 is 11.1 Å². The molecule has 0 saturated heterocycles. The largest absolute Gasteiger partial charge is 0.465 e. The molecule has 0 bridgehead atoms. The van der Waals surface area contributed by atoms with Crippen LogP contribution in [0.15, 0.2) is 12.1 Å². The lowest BCUT2D eigenvalue weighted by Crippen LogP contribution is -2.10. The predicted molar refractivity (Wildman–Crippen MR) is 52.0 cm³/mol. The topological polar surface area (TPSA) is 99.1 Å². The van der Waals surface area contributed by atoms with Crippen molar-refractivity contribution in [2.45, 2.75) is 6.92 Å². The summed E-state index contributed by atoms with van der Waals surface area (Å²) in [4.78, 5) is 10.4. The van der Waals surface area contributed by atoms with E-state index in [2.05, 4.69) is 5.32 Å². The second kappa shape index (κ2) is 3.66. The van der Waals surface area contributed by atoms with E-state index in [1.807, 2.05) is 6.07 Å². The molecule has 0 atom stereocenters. The smallest absolute Gasteiger partial charge is 0.409 e. The van der Waals surface area contributed by atoms with Crippen molar-refractivity contribution in [2.24, 2.45) is 0 Å². The van der Waals surface area contributed by atoms with E-state index in [0.717, 1.165) is 0 Å². The molecule has 5 heteroatoms. The minimum atomic E-state index is -1.20. The van der Waals surface area contributed by atoms with Crippen LogP contribution in [-0.2, 0) is 0 Å². The summed E-state index contributed by atoms with van der Waals surface area (Å²) in [6, 6.07) is 4.92. The number of nitrogens with one attached hydrogen (secondary N) is 1. The number of nitrogen functional groups attached to an aromatic ring is 1. The van der Waals surface area contributed by atoms with Gasteiger partial charge in [-0.05, 0) is 24.6 Å². The zero-order valence-corrected chi connectivity index (χ0v) is 7.53. The molecule has 72 valence electrons. The van der Waals surface area contributed by atoms with Gasteiger partial charge in [-0.2, -0.15) is 5.26 Å². The number of hydrogen-bond donors (Lipinski definition) is 3. The Bertz CT molecular complexity index is 421. The maximum Gasteiger partial charge on any atom is 0.409 e. The van der Waals surface area contributed by atoms with E-state index >= 15 is 0 Å². The van der Waals surface area contributed by atoms with Crippen LogP contribution in [0.2, 0.25) is 0 Å². The first-order chi connectivity index (χ1) is 6.54. The molecule has 0 aliphatic carbocycles. The first-order valence-corrected chi connectivity index (χ1v) is 3.84. The van der Waals surface area contributed by atoms with Crippen molar-refractivity contribution in [2.75, 3.05) is 11.1 Å². The van der Waals surface area contributed by atoms with Crippen molar-refractivity contribution in [1.82, 2.24) is 0 Å². The molecule has 0 aliphatic rings. The molecule has 1 amide bonds. The number of nitrogens with two attached hydrogens (primary N) is 1. The third-order valence-electron chi connectivity index (χ3n) is 1.76. The Morgan fingerprint density at radius 2 is 2.29 bits per heavy atom. The Morgan fingerprint density at radius 3 is 2.79 bits per heavy atom. The number of carbonyl (C=O) groups is 1. The Labute approximate surface area is 80.8 Å². The van der Waals surface area contributed by atoms with Crippen LogP contribution in [-0.4, -0.2) is 11.2 Å². The highest BCUT2D eigenvalue weighted by Crippen LogP contribution is 2.24. The van der Waals surface area contributed by atoms with Gasteiger partial charge < -0.3 is 10.8 Å². The van der Waals surface area contributed by atoms with Gasteiger partial charge in [-0.3, -0.25) is 5.32 Å². The van der Waals surface area contributed by atoms with Crippen molar-refractivity contribution >= 4 is 17.5 Å². The minimum Gasteiger partial charge on any atom is -0.465 e. The Hall–Kier alpha value is -2.22. The maximum absolute atomic E-state index is 10.4. The lowest BCUT2D eigenvalue weighted by atomic mass is 10.1. The van der Waals surface area contributed by atoms with Crippen LogP contribution in [0.25, 0.3) is 0 Å². The molecule has 0 saturated carbocycles. The summed E-state index contributed by atoms with van der Waals surface area (Å²) in [5, 5.41) is 19.3. The Balaban J connectivity index is 3.21. The number of nitriles is 1. The molecule has 1 aromatic carbocycles. The molecule has 0 aliphatic heterocycles. The summed E-state index contributed by atoms with van der Waals surface area (Å²) in [6.07, 6.45) is -1.20. The summed E-state index contributed by atoms with van der Waals surface area (Å²) >= 11 is 0. The number of amides is 1. The number of hydrogen-bond acceptors (Lipinski definition) is 3. The van der Waals surface area contributed by atoms with Crippen molar-refractivity contribution in [1.29, 1.82) is 5.26 Å². The summed E-state index contributed by atoms with van der Waals surface area (Å²) in [6.45, 7) is 1.71. The van der Waals surface area contributed by atoms with Gasteiger partial charge >= 0.3 is 6.09 Å². The van der Waals surface area contributed by atoms with E-state index in [1.54, 1.807) is 13.0 Å². The van der Waals surface area contributed by atoms with Crippen molar-refractivity contribution in [3.8, 4) is 6.07 Å². The summed E-state index contributed by atoms with van der Waals surface area (Å²) in [5.41, 5.74) is 7.25. The fourth-order valence-electron chi connectivity index (χ4n) is 1.08. The van der Waals surface area contributed by atoms with Gasteiger partial charge in [-0.15, -0.1) is 0 Å². The van der Waals surface area contributed by atoms with Crippen LogP contribution in [0, 0.1) is 18.3 Å².